The molecule has 2 aliphatic heterocycles. The van der Waals surface area contributed by atoms with Crippen LogP contribution in [-0.4, -0.2) is 54.8 Å². The number of ether oxygens (including phenoxy) is 2. The molecule has 8 nitrogen and oxygen atoms in total. The zero-order valence-corrected chi connectivity index (χ0v) is 20.0. The maximum Gasteiger partial charge on any atom is 0.257 e. The van der Waals surface area contributed by atoms with Gasteiger partial charge in [-0.05, 0) is 66.8 Å². The Kier molecular flexibility index (Phi) is 6.68. The summed E-state index contributed by atoms with van der Waals surface area (Å²) >= 11 is 5.28. The second-order valence-electron chi connectivity index (χ2n) is 8.28. The molecule has 0 bridgehead atoms. The Hall–Kier alpha value is -4.18. The Labute approximate surface area is 212 Å². The molecular formula is C26H23FN4O4S. The lowest BCUT2D eigenvalue weighted by Gasteiger charge is -2.36. The Morgan fingerprint density at radius 3 is 2.36 bits per heavy atom. The highest BCUT2D eigenvalue weighted by Crippen LogP contribution is 2.32. The lowest BCUT2D eigenvalue weighted by atomic mass is 10.1. The number of thiocarbonyl (C=S) groups is 1. The van der Waals surface area contributed by atoms with Crippen molar-refractivity contribution >= 4 is 40.5 Å². The van der Waals surface area contributed by atoms with Gasteiger partial charge in [0.1, 0.15) is 5.82 Å². The third-order valence-corrected chi connectivity index (χ3v) is 6.23. The summed E-state index contributed by atoms with van der Waals surface area (Å²) in [6.45, 7) is 2.41. The highest BCUT2D eigenvalue weighted by molar-refractivity contribution is 7.80. The first-order valence-electron chi connectivity index (χ1n) is 11.4. The van der Waals surface area contributed by atoms with Crippen LogP contribution < -0.4 is 25.0 Å². The van der Waals surface area contributed by atoms with E-state index in [-0.39, 0.29) is 29.3 Å². The molecule has 0 radical (unpaired) electrons. The van der Waals surface area contributed by atoms with Crippen LogP contribution in [0.2, 0.25) is 0 Å². The summed E-state index contributed by atoms with van der Waals surface area (Å²) in [6.07, 6.45) is 0. The van der Waals surface area contributed by atoms with E-state index in [4.69, 9.17) is 21.7 Å². The van der Waals surface area contributed by atoms with E-state index in [1.54, 1.807) is 35.2 Å². The topological polar surface area (TPSA) is 83.1 Å². The summed E-state index contributed by atoms with van der Waals surface area (Å²) in [6, 6.07) is 18.6. The summed E-state index contributed by atoms with van der Waals surface area (Å²) in [5.74, 6) is -0.0215. The predicted molar refractivity (Wildman–Crippen MR) is 137 cm³/mol. The zero-order valence-electron chi connectivity index (χ0n) is 19.2. The average molecular weight is 507 g/mol. The van der Waals surface area contributed by atoms with Gasteiger partial charge < -0.3 is 24.6 Å². The van der Waals surface area contributed by atoms with Gasteiger partial charge in [-0.25, -0.2) is 4.39 Å². The van der Waals surface area contributed by atoms with Gasteiger partial charge in [0, 0.05) is 43.1 Å². The molecule has 0 aliphatic carbocycles. The Bertz CT molecular complexity index is 1310. The number of benzene rings is 3. The third kappa shape index (κ3) is 5.08. The molecule has 5 rings (SSSR count). The number of fused-ring (bicyclic) bond motifs is 1. The van der Waals surface area contributed by atoms with Gasteiger partial charge in [0.2, 0.25) is 6.79 Å². The Balaban J connectivity index is 1.12. The molecule has 0 unspecified atom stereocenters. The van der Waals surface area contributed by atoms with Crippen LogP contribution in [0.1, 0.15) is 20.7 Å². The number of nitrogens with one attached hydrogen (secondary N) is 2. The standard InChI is InChI=1S/C26H23FN4O4S/c27-21-4-2-1-3-20(21)25(33)31-13-11-30(12-14-31)19-8-6-18(7-9-19)28-26(36)29-24(32)17-5-10-22-23(15-17)35-16-34-22/h1-10,15H,11-14,16H2,(H2,28,29,32,36). The minimum Gasteiger partial charge on any atom is -0.454 e. The van der Waals surface area contributed by atoms with Gasteiger partial charge in [-0.3, -0.25) is 14.9 Å². The van der Waals surface area contributed by atoms with Crippen LogP contribution in [0.25, 0.3) is 0 Å². The number of nitrogens with zero attached hydrogens (tertiary/aromatic N) is 2. The molecule has 0 spiro atoms. The Morgan fingerprint density at radius 1 is 0.889 bits per heavy atom. The van der Waals surface area contributed by atoms with Crippen molar-refractivity contribution in [2.45, 2.75) is 0 Å². The van der Waals surface area contributed by atoms with Crippen molar-refractivity contribution in [2.75, 3.05) is 43.2 Å². The molecule has 10 heteroatoms. The van der Waals surface area contributed by atoms with Gasteiger partial charge >= 0.3 is 0 Å². The van der Waals surface area contributed by atoms with Gasteiger partial charge in [-0.2, -0.15) is 0 Å². The zero-order chi connectivity index (χ0) is 25.1. The maximum absolute atomic E-state index is 14.0. The van der Waals surface area contributed by atoms with E-state index in [1.165, 1.54) is 12.1 Å². The summed E-state index contributed by atoms with van der Waals surface area (Å²) in [4.78, 5) is 29.0. The average Bonchev–Trinajstić information content (AvgIpc) is 3.37. The van der Waals surface area contributed by atoms with Gasteiger partial charge in [0.25, 0.3) is 11.8 Å². The number of hydrogen-bond donors (Lipinski definition) is 2. The molecule has 1 saturated heterocycles. The van der Waals surface area contributed by atoms with Gasteiger partial charge in [-0.1, -0.05) is 12.1 Å². The largest absolute Gasteiger partial charge is 0.454 e. The lowest BCUT2D eigenvalue weighted by molar-refractivity contribution is 0.0742. The SMILES string of the molecule is O=C(NC(=S)Nc1ccc(N2CCN(C(=O)c3ccccc3F)CC2)cc1)c1ccc2c(c1)OCO2. The van der Waals surface area contributed by atoms with Crippen molar-refractivity contribution in [3.8, 4) is 11.5 Å². The van der Waals surface area contributed by atoms with Crippen LogP contribution in [-0.2, 0) is 0 Å². The van der Waals surface area contributed by atoms with Crippen LogP contribution in [0, 0.1) is 5.82 Å². The molecule has 3 aromatic carbocycles. The third-order valence-electron chi connectivity index (χ3n) is 6.02. The maximum atomic E-state index is 14.0. The lowest BCUT2D eigenvalue weighted by Crippen LogP contribution is -2.49. The van der Waals surface area contributed by atoms with E-state index in [2.05, 4.69) is 15.5 Å². The van der Waals surface area contributed by atoms with E-state index in [9.17, 15) is 14.0 Å². The molecule has 2 amide bonds. The van der Waals surface area contributed by atoms with E-state index in [1.807, 2.05) is 24.3 Å². The highest BCUT2D eigenvalue weighted by atomic mass is 32.1. The van der Waals surface area contributed by atoms with Crippen LogP contribution in [0.3, 0.4) is 0 Å². The Morgan fingerprint density at radius 2 is 1.61 bits per heavy atom. The minimum absolute atomic E-state index is 0.1000. The number of hydrogen-bond acceptors (Lipinski definition) is 6. The molecule has 0 atom stereocenters. The number of carbonyl (C=O) groups is 2. The molecule has 2 N–H and O–H groups in total. The molecule has 36 heavy (non-hydrogen) atoms. The molecule has 184 valence electrons. The summed E-state index contributed by atoms with van der Waals surface area (Å²) in [5.41, 5.74) is 2.23. The van der Waals surface area contributed by atoms with E-state index in [0.717, 1.165) is 11.4 Å². The normalized spacial score (nSPS) is 14.4. The fourth-order valence-electron chi connectivity index (χ4n) is 4.10. The molecule has 2 heterocycles. The molecule has 2 aliphatic rings. The summed E-state index contributed by atoms with van der Waals surface area (Å²) in [7, 11) is 0. The predicted octanol–water partition coefficient (Wildman–Crippen LogP) is 3.64. The monoisotopic (exact) mass is 506 g/mol. The second kappa shape index (κ2) is 10.2. The minimum atomic E-state index is -0.502. The first-order valence-corrected chi connectivity index (χ1v) is 11.8. The second-order valence-corrected chi connectivity index (χ2v) is 8.69. The summed E-state index contributed by atoms with van der Waals surface area (Å²) < 4.78 is 24.5. The number of carbonyl (C=O) groups excluding carboxylic acids is 2. The van der Waals surface area contributed by atoms with Crippen molar-refractivity contribution in [2.24, 2.45) is 0 Å². The van der Waals surface area contributed by atoms with Crippen LogP contribution in [0.4, 0.5) is 15.8 Å². The molecular weight excluding hydrogens is 483 g/mol. The van der Waals surface area contributed by atoms with E-state index >= 15 is 0 Å². The number of halogens is 1. The van der Waals surface area contributed by atoms with Gasteiger partial charge in [-0.15, -0.1) is 0 Å². The number of anilines is 2. The van der Waals surface area contributed by atoms with Gasteiger partial charge in [0.15, 0.2) is 16.6 Å². The van der Waals surface area contributed by atoms with E-state index < -0.39 is 5.82 Å². The first-order chi connectivity index (χ1) is 17.5. The molecule has 0 aromatic heterocycles. The first kappa shape index (κ1) is 23.6. The molecule has 1 fully saturated rings. The smallest absolute Gasteiger partial charge is 0.257 e. The van der Waals surface area contributed by atoms with Crippen molar-refractivity contribution < 1.29 is 23.5 Å². The fraction of sp³-hybridized carbons (Fsp3) is 0.192. The summed E-state index contributed by atoms with van der Waals surface area (Å²) in [5, 5.41) is 5.84. The van der Waals surface area contributed by atoms with Crippen molar-refractivity contribution in [3.05, 3.63) is 83.7 Å². The molecule has 3 aromatic rings. The van der Waals surface area contributed by atoms with Gasteiger partial charge in [0.05, 0.1) is 5.56 Å². The quantitative estimate of drug-likeness (QED) is 0.523. The number of piperazine rings is 1. The van der Waals surface area contributed by atoms with E-state index in [0.29, 0.717) is 43.2 Å². The van der Waals surface area contributed by atoms with Crippen LogP contribution >= 0.6 is 12.2 Å². The number of rotatable bonds is 4. The number of amides is 2. The van der Waals surface area contributed by atoms with Crippen LogP contribution in [0.5, 0.6) is 11.5 Å². The van der Waals surface area contributed by atoms with Crippen molar-refractivity contribution in [1.82, 2.24) is 10.2 Å². The van der Waals surface area contributed by atoms with Crippen molar-refractivity contribution in [1.29, 1.82) is 0 Å². The highest BCUT2D eigenvalue weighted by Gasteiger charge is 2.24. The fourth-order valence-corrected chi connectivity index (χ4v) is 4.31. The van der Waals surface area contributed by atoms with Crippen LogP contribution in [0.15, 0.2) is 66.7 Å². The molecule has 0 saturated carbocycles. The van der Waals surface area contributed by atoms with Crippen molar-refractivity contribution in [3.63, 3.8) is 0 Å².